The smallest absolute Gasteiger partial charge is 0.148 e. The van der Waals surface area contributed by atoms with Crippen LogP contribution in [0.3, 0.4) is 0 Å². The number of ether oxygens (including phenoxy) is 1. The van der Waals surface area contributed by atoms with Gasteiger partial charge in [-0.25, -0.2) is 0 Å². The zero-order valence-corrected chi connectivity index (χ0v) is 11.6. The number of anilines is 1. The molecule has 0 saturated carbocycles. The standard InChI is InChI=1S/C13H17N3O.ClH/c1-10-7-13(15-16(10)2)14-9-11-5-4-6-12(8-11)17-3;/h4-8H,9H2,1-3H3,(H,14,15);1H. The van der Waals surface area contributed by atoms with Crippen LogP contribution in [0.4, 0.5) is 5.82 Å². The van der Waals surface area contributed by atoms with Crippen LogP contribution in [0.1, 0.15) is 11.3 Å². The van der Waals surface area contributed by atoms with Gasteiger partial charge in [-0.2, -0.15) is 5.10 Å². The fraction of sp³-hybridized carbons (Fsp3) is 0.308. The maximum absolute atomic E-state index is 5.18. The van der Waals surface area contributed by atoms with Crippen molar-refractivity contribution < 1.29 is 4.74 Å². The average molecular weight is 268 g/mol. The van der Waals surface area contributed by atoms with Crippen molar-refractivity contribution in [2.45, 2.75) is 13.5 Å². The first-order chi connectivity index (χ1) is 8.19. The summed E-state index contributed by atoms with van der Waals surface area (Å²) in [5, 5.41) is 7.63. The second kappa shape index (κ2) is 6.31. The number of aryl methyl sites for hydroxylation is 2. The van der Waals surface area contributed by atoms with E-state index < -0.39 is 0 Å². The lowest BCUT2D eigenvalue weighted by Gasteiger charge is -2.05. The van der Waals surface area contributed by atoms with Crippen LogP contribution in [0.5, 0.6) is 5.75 Å². The fourth-order valence-electron chi connectivity index (χ4n) is 1.62. The lowest BCUT2D eigenvalue weighted by atomic mass is 10.2. The van der Waals surface area contributed by atoms with Crippen molar-refractivity contribution >= 4 is 18.2 Å². The van der Waals surface area contributed by atoms with Crippen LogP contribution < -0.4 is 10.1 Å². The lowest BCUT2D eigenvalue weighted by Crippen LogP contribution is -2.01. The molecular formula is C13H18ClN3O. The fourth-order valence-corrected chi connectivity index (χ4v) is 1.62. The van der Waals surface area contributed by atoms with E-state index in [0.29, 0.717) is 0 Å². The molecule has 1 aromatic heterocycles. The van der Waals surface area contributed by atoms with E-state index in [1.165, 1.54) is 5.56 Å². The van der Waals surface area contributed by atoms with Crippen molar-refractivity contribution in [2.24, 2.45) is 7.05 Å². The van der Waals surface area contributed by atoms with Crippen molar-refractivity contribution in [2.75, 3.05) is 12.4 Å². The Hall–Kier alpha value is -1.68. The van der Waals surface area contributed by atoms with Crippen molar-refractivity contribution in [3.05, 3.63) is 41.6 Å². The highest BCUT2D eigenvalue weighted by molar-refractivity contribution is 5.85. The van der Waals surface area contributed by atoms with Gasteiger partial charge in [0.2, 0.25) is 0 Å². The molecule has 5 heteroatoms. The van der Waals surface area contributed by atoms with E-state index in [9.17, 15) is 0 Å². The molecule has 0 fully saturated rings. The molecule has 2 rings (SSSR count). The first-order valence-corrected chi connectivity index (χ1v) is 5.56. The molecule has 0 aliphatic carbocycles. The van der Waals surface area contributed by atoms with Gasteiger partial charge in [-0.15, -0.1) is 12.4 Å². The van der Waals surface area contributed by atoms with Gasteiger partial charge >= 0.3 is 0 Å². The van der Waals surface area contributed by atoms with Crippen molar-refractivity contribution in [1.29, 1.82) is 0 Å². The molecule has 0 bridgehead atoms. The van der Waals surface area contributed by atoms with Gasteiger partial charge in [0.15, 0.2) is 0 Å². The van der Waals surface area contributed by atoms with E-state index in [1.54, 1.807) is 7.11 Å². The first kappa shape index (κ1) is 14.4. The molecule has 0 unspecified atom stereocenters. The Morgan fingerprint density at radius 1 is 1.33 bits per heavy atom. The molecule has 0 radical (unpaired) electrons. The van der Waals surface area contributed by atoms with Crippen molar-refractivity contribution in [3.63, 3.8) is 0 Å². The zero-order valence-electron chi connectivity index (χ0n) is 10.8. The third-order valence-corrected chi connectivity index (χ3v) is 2.72. The van der Waals surface area contributed by atoms with Gasteiger partial charge < -0.3 is 10.1 Å². The number of nitrogens with one attached hydrogen (secondary N) is 1. The Labute approximate surface area is 113 Å². The Balaban J connectivity index is 0.00000162. The van der Waals surface area contributed by atoms with Gasteiger partial charge in [-0.05, 0) is 24.6 Å². The maximum Gasteiger partial charge on any atom is 0.148 e. The second-order valence-electron chi connectivity index (χ2n) is 4.00. The zero-order chi connectivity index (χ0) is 12.3. The molecular weight excluding hydrogens is 250 g/mol. The molecule has 0 atom stereocenters. The molecule has 0 aliphatic heterocycles. The molecule has 0 saturated heterocycles. The summed E-state index contributed by atoms with van der Waals surface area (Å²) in [6, 6.07) is 10.0. The summed E-state index contributed by atoms with van der Waals surface area (Å²) in [6.07, 6.45) is 0. The Bertz CT molecular complexity index is 491. The number of halogens is 1. The molecule has 0 aliphatic rings. The highest BCUT2D eigenvalue weighted by Crippen LogP contribution is 2.14. The summed E-state index contributed by atoms with van der Waals surface area (Å²) in [4.78, 5) is 0. The molecule has 1 heterocycles. The molecule has 2 aromatic rings. The molecule has 0 amide bonds. The Morgan fingerprint density at radius 3 is 2.72 bits per heavy atom. The molecule has 1 aromatic carbocycles. The SMILES string of the molecule is COc1cccc(CNc2cc(C)n(C)n2)c1.Cl. The molecule has 0 spiro atoms. The van der Waals surface area contributed by atoms with Crippen LogP contribution in [0.2, 0.25) is 0 Å². The normalized spacial score (nSPS) is 9.72. The van der Waals surface area contributed by atoms with Crippen LogP contribution in [-0.2, 0) is 13.6 Å². The molecule has 4 nitrogen and oxygen atoms in total. The summed E-state index contributed by atoms with van der Waals surface area (Å²) in [6.45, 7) is 2.78. The number of hydrogen-bond donors (Lipinski definition) is 1. The van der Waals surface area contributed by atoms with Crippen LogP contribution in [0, 0.1) is 6.92 Å². The highest BCUT2D eigenvalue weighted by Gasteiger charge is 2.01. The number of methoxy groups -OCH3 is 1. The number of hydrogen-bond acceptors (Lipinski definition) is 3. The van der Waals surface area contributed by atoms with Crippen LogP contribution >= 0.6 is 12.4 Å². The summed E-state index contributed by atoms with van der Waals surface area (Å²) >= 11 is 0. The summed E-state index contributed by atoms with van der Waals surface area (Å²) in [5.41, 5.74) is 2.31. The Kier molecular flexibility index (Phi) is 5.04. The minimum atomic E-state index is 0. The largest absolute Gasteiger partial charge is 0.497 e. The van der Waals surface area contributed by atoms with E-state index in [4.69, 9.17) is 4.74 Å². The van der Waals surface area contributed by atoms with Gasteiger partial charge in [0.1, 0.15) is 11.6 Å². The maximum atomic E-state index is 5.18. The highest BCUT2D eigenvalue weighted by atomic mass is 35.5. The van der Waals surface area contributed by atoms with Gasteiger partial charge in [-0.1, -0.05) is 12.1 Å². The van der Waals surface area contributed by atoms with E-state index >= 15 is 0 Å². The molecule has 18 heavy (non-hydrogen) atoms. The second-order valence-corrected chi connectivity index (χ2v) is 4.00. The predicted octanol–water partition coefficient (Wildman–Crippen LogP) is 2.77. The van der Waals surface area contributed by atoms with Crippen LogP contribution in [-0.4, -0.2) is 16.9 Å². The van der Waals surface area contributed by atoms with Gasteiger partial charge in [0, 0.05) is 25.4 Å². The summed E-state index contributed by atoms with van der Waals surface area (Å²) < 4.78 is 7.04. The quantitative estimate of drug-likeness (QED) is 0.926. The number of aromatic nitrogens is 2. The van der Waals surface area contributed by atoms with Gasteiger partial charge in [-0.3, -0.25) is 4.68 Å². The summed E-state index contributed by atoms with van der Waals surface area (Å²) in [5.74, 6) is 1.77. The van der Waals surface area contributed by atoms with E-state index in [2.05, 4.69) is 16.5 Å². The minimum Gasteiger partial charge on any atom is -0.497 e. The predicted molar refractivity (Wildman–Crippen MR) is 75.5 cm³/mol. The third kappa shape index (κ3) is 3.40. The molecule has 1 N–H and O–H groups in total. The monoisotopic (exact) mass is 267 g/mol. The number of nitrogens with zero attached hydrogens (tertiary/aromatic N) is 2. The minimum absolute atomic E-state index is 0. The van der Waals surface area contributed by atoms with Crippen molar-refractivity contribution in [1.82, 2.24) is 9.78 Å². The lowest BCUT2D eigenvalue weighted by molar-refractivity contribution is 0.414. The van der Waals surface area contributed by atoms with Crippen LogP contribution in [0.15, 0.2) is 30.3 Å². The van der Waals surface area contributed by atoms with E-state index in [0.717, 1.165) is 23.8 Å². The Morgan fingerprint density at radius 2 is 2.11 bits per heavy atom. The topological polar surface area (TPSA) is 39.1 Å². The first-order valence-electron chi connectivity index (χ1n) is 5.56. The molecule has 98 valence electrons. The van der Waals surface area contributed by atoms with Crippen molar-refractivity contribution in [3.8, 4) is 5.75 Å². The average Bonchev–Trinajstić information content (AvgIpc) is 2.67. The van der Waals surface area contributed by atoms with Crippen LogP contribution in [0.25, 0.3) is 0 Å². The van der Waals surface area contributed by atoms with Gasteiger partial charge in [0.05, 0.1) is 7.11 Å². The van der Waals surface area contributed by atoms with E-state index in [1.807, 2.05) is 42.9 Å². The van der Waals surface area contributed by atoms with Gasteiger partial charge in [0.25, 0.3) is 0 Å². The third-order valence-electron chi connectivity index (χ3n) is 2.72. The summed E-state index contributed by atoms with van der Waals surface area (Å²) in [7, 11) is 3.61. The number of rotatable bonds is 4. The van der Waals surface area contributed by atoms with E-state index in [-0.39, 0.29) is 12.4 Å². The number of benzene rings is 1.